The van der Waals surface area contributed by atoms with Gasteiger partial charge in [0.1, 0.15) is 0 Å². The van der Waals surface area contributed by atoms with Crippen LogP contribution in [0, 0.1) is 6.92 Å². The molecule has 1 aromatic rings. The monoisotopic (exact) mass is 250 g/mol. The fourth-order valence-corrected chi connectivity index (χ4v) is 3.38. The lowest BCUT2D eigenvalue weighted by molar-refractivity contribution is 0.175. The molecule has 0 unspecified atom stereocenters. The van der Waals surface area contributed by atoms with Crippen LogP contribution in [0.15, 0.2) is 24.3 Å². The van der Waals surface area contributed by atoms with Gasteiger partial charge in [-0.1, -0.05) is 5.57 Å². The van der Waals surface area contributed by atoms with E-state index in [1.165, 1.54) is 15.3 Å². The summed E-state index contributed by atoms with van der Waals surface area (Å²) in [6.07, 6.45) is 1.08. The van der Waals surface area contributed by atoms with Crippen LogP contribution >= 0.6 is 11.3 Å². The number of thiophene rings is 1. The third-order valence-corrected chi connectivity index (χ3v) is 4.33. The van der Waals surface area contributed by atoms with Crippen molar-refractivity contribution in [2.24, 2.45) is 0 Å². The molecule has 0 spiro atoms. The molecule has 2 nitrogen and oxygen atoms in total. The van der Waals surface area contributed by atoms with Gasteiger partial charge in [-0.15, -0.1) is 17.9 Å². The van der Waals surface area contributed by atoms with Crippen molar-refractivity contribution >= 4 is 11.3 Å². The number of nitrogens with zero attached hydrogens (tertiary/aromatic N) is 1. The number of hydrogen-bond acceptors (Lipinski definition) is 3. The molecule has 1 atom stereocenters. The van der Waals surface area contributed by atoms with E-state index in [-0.39, 0.29) is 0 Å². The summed E-state index contributed by atoms with van der Waals surface area (Å²) in [5.41, 5.74) is 1.28. The van der Waals surface area contributed by atoms with Crippen LogP contribution in [0.25, 0.3) is 0 Å². The van der Waals surface area contributed by atoms with Gasteiger partial charge in [0.25, 0.3) is 0 Å². The molecular weight excluding hydrogens is 228 g/mol. The molecular formula is C14H22N2S. The highest BCUT2D eigenvalue weighted by atomic mass is 32.1. The van der Waals surface area contributed by atoms with Gasteiger partial charge in [0.05, 0.1) is 0 Å². The van der Waals surface area contributed by atoms with E-state index in [9.17, 15) is 0 Å². The Kier molecular flexibility index (Phi) is 4.37. The molecule has 1 aliphatic rings. The van der Waals surface area contributed by atoms with Crippen LogP contribution in [0.3, 0.4) is 0 Å². The van der Waals surface area contributed by atoms with E-state index in [2.05, 4.69) is 42.8 Å². The van der Waals surface area contributed by atoms with E-state index in [4.69, 9.17) is 0 Å². The Labute approximate surface area is 108 Å². The van der Waals surface area contributed by atoms with E-state index in [0.717, 1.165) is 32.6 Å². The van der Waals surface area contributed by atoms with Gasteiger partial charge in [0, 0.05) is 42.0 Å². The van der Waals surface area contributed by atoms with Crippen molar-refractivity contribution < 1.29 is 0 Å². The molecule has 94 valence electrons. The second-order valence-electron chi connectivity index (χ2n) is 4.91. The van der Waals surface area contributed by atoms with Gasteiger partial charge in [0.2, 0.25) is 0 Å². The number of hydrogen-bond donors (Lipinski definition) is 1. The molecule has 17 heavy (non-hydrogen) atoms. The van der Waals surface area contributed by atoms with Crippen molar-refractivity contribution in [3.63, 3.8) is 0 Å². The van der Waals surface area contributed by atoms with E-state index in [1.54, 1.807) is 0 Å². The summed E-state index contributed by atoms with van der Waals surface area (Å²) in [4.78, 5) is 5.49. The molecule has 1 fully saturated rings. The summed E-state index contributed by atoms with van der Waals surface area (Å²) >= 11 is 1.93. The molecule has 0 radical (unpaired) electrons. The SMILES string of the molecule is C=C(C)C[C@H](c1ccc(C)s1)N1CCNCC1. The standard InChI is InChI=1S/C14H22N2S/c1-11(2)10-13(14-5-4-12(3)17-14)16-8-6-15-7-9-16/h4-5,13,15H,1,6-10H2,2-3H3/t13-/m1/s1. The largest absolute Gasteiger partial charge is 0.314 e. The van der Waals surface area contributed by atoms with Crippen LogP contribution in [-0.2, 0) is 0 Å². The maximum Gasteiger partial charge on any atom is 0.0479 e. The average Bonchev–Trinajstić information content (AvgIpc) is 2.73. The first kappa shape index (κ1) is 12.8. The zero-order valence-electron chi connectivity index (χ0n) is 10.8. The minimum Gasteiger partial charge on any atom is -0.314 e. The Hall–Kier alpha value is -0.640. The number of rotatable bonds is 4. The maximum atomic E-state index is 4.08. The van der Waals surface area contributed by atoms with Crippen LogP contribution in [0.1, 0.15) is 29.1 Å². The lowest BCUT2D eigenvalue weighted by atomic mass is 10.0. The highest BCUT2D eigenvalue weighted by molar-refractivity contribution is 7.12. The van der Waals surface area contributed by atoms with Gasteiger partial charge < -0.3 is 5.32 Å². The first-order chi connectivity index (χ1) is 8.16. The molecule has 1 saturated heterocycles. The van der Waals surface area contributed by atoms with Crippen molar-refractivity contribution in [2.45, 2.75) is 26.3 Å². The summed E-state index contributed by atoms with van der Waals surface area (Å²) in [5, 5.41) is 3.42. The molecule has 2 rings (SSSR count). The Morgan fingerprint density at radius 3 is 2.71 bits per heavy atom. The third-order valence-electron chi connectivity index (χ3n) is 3.22. The molecule has 1 N–H and O–H groups in total. The highest BCUT2D eigenvalue weighted by Gasteiger charge is 2.23. The minimum absolute atomic E-state index is 0.535. The lowest BCUT2D eigenvalue weighted by Crippen LogP contribution is -2.45. The zero-order valence-corrected chi connectivity index (χ0v) is 11.6. The normalized spacial score (nSPS) is 19.2. The highest BCUT2D eigenvalue weighted by Crippen LogP contribution is 2.32. The van der Waals surface area contributed by atoms with Gasteiger partial charge in [-0.05, 0) is 32.4 Å². The van der Waals surface area contributed by atoms with Gasteiger partial charge in [0.15, 0.2) is 0 Å². The van der Waals surface area contributed by atoms with Gasteiger partial charge in [-0.25, -0.2) is 0 Å². The molecule has 0 amide bonds. The second-order valence-corrected chi connectivity index (χ2v) is 6.23. The van der Waals surface area contributed by atoms with E-state index in [1.807, 2.05) is 11.3 Å². The molecule has 2 heterocycles. The van der Waals surface area contributed by atoms with Gasteiger partial charge in [-0.3, -0.25) is 4.90 Å². The maximum absolute atomic E-state index is 4.08. The lowest BCUT2D eigenvalue weighted by Gasteiger charge is -2.34. The average molecular weight is 250 g/mol. The van der Waals surface area contributed by atoms with Gasteiger partial charge >= 0.3 is 0 Å². The van der Waals surface area contributed by atoms with Crippen LogP contribution in [0.2, 0.25) is 0 Å². The Morgan fingerprint density at radius 2 is 2.18 bits per heavy atom. The summed E-state index contributed by atoms with van der Waals surface area (Å²) in [6.45, 7) is 12.9. The molecule has 1 aromatic heterocycles. The van der Waals surface area contributed by atoms with Crippen molar-refractivity contribution in [1.29, 1.82) is 0 Å². The quantitative estimate of drug-likeness (QED) is 0.827. The van der Waals surface area contributed by atoms with Crippen LogP contribution in [0.5, 0.6) is 0 Å². The smallest absolute Gasteiger partial charge is 0.0479 e. The van der Waals surface area contributed by atoms with Crippen molar-refractivity contribution in [1.82, 2.24) is 10.2 Å². The van der Waals surface area contributed by atoms with E-state index < -0.39 is 0 Å². The Balaban J connectivity index is 2.14. The second kappa shape index (κ2) is 5.80. The summed E-state index contributed by atoms with van der Waals surface area (Å²) in [5.74, 6) is 0. The minimum atomic E-state index is 0.535. The molecule has 3 heteroatoms. The van der Waals surface area contributed by atoms with Crippen LogP contribution in [0.4, 0.5) is 0 Å². The number of aryl methyl sites for hydroxylation is 1. The first-order valence-corrected chi connectivity index (χ1v) is 7.14. The molecule has 0 aromatic carbocycles. The Morgan fingerprint density at radius 1 is 1.47 bits per heavy atom. The van der Waals surface area contributed by atoms with Crippen molar-refractivity contribution in [3.05, 3.63) is 34.0 Å². The van der Waals surface area contributed by atoms with Crippen molar-refractivity contribution in [3.8, 4) is 0 Å². The van der Waals surface area contributed by atoms with Crippen molar-refractivity contribution in [2.75, 3.05) is 26.2 Å². The topological polar surface area (TPSA) is 15.3 Å². The zero-order chi connectivity index (χ0) is 12.3. The fraction of sp³-hybridized carbons (Fsp3) is 0.571. The number of nitrogens with one attached hydrogen (secondary N) is 1. The van der Waals surface area contributed by atoms with Crippen LogP contribution < -0.4 is 5.32 Å². The number of piperazine rings is 1. The summed E-state index contributed by atoms with van der Waals surface area (Å²) in [6, 6.07) is 5.05. The van der Waals surface area contributed by atoms with E-state index in [0.29, 0.717) is 6.04 Å². The first-order valence-electron chi connectivity index (χ1n) is 6.32. The summed E-state index contributed by atoms with van der Waals surface area (Å²) in [7, 11) is 0. The molecule has 0 aliphatic carbocycles. The predicted molar refractivity (Wildman–Crippen MR) is 75.7 cm³/mol. The van der Waals surface area contributed by atoms with E-state index >= 15 is 0 Å². The van der Waals surface area contributed by atoms with Gasteiger partial charge in [-0.2, -0.15) is 0 Å². The molecule has 1 aliphatic heterocycles. The fourth-order valence-electron chi connectivity index (χ4n) is 2.37. The summed E-state index contributed by atoms with van der Waals surface area (Å²) < 4.78 is 0. The molecule has 0 saturated carbocycles. The third kappa shape index (κ3) is 3.41. The molecule has 0 bridgehead atoms. The van der Waals surface area contributed by atoms with Crippen LogP contribution in [-0.4, -0.2) is 31.1 Å². The predicted octanol–water partition coefficient (Wildman–Crippen LogP) is 2.97. The Bertz CT molecular complexity index is 377.